The average molecular weight is 197 g/mol. The van der Waals surface area contributed by atoms with Crippen molar-refractivity contribution in [3.63, 3.8) is 0 Å². The average Bonchev–Trinajstić information content (AvgIpc) is 2.18. The van der Waals surface area contributed by atoms with Crippen LogP contribution in [0.2, 0.25) is 0 Å². The van der Waals surface area contributed by atoms with Crippen molar-refractivity contribution in [1.82, 2.24) is 4.83 Å². The first-order valence-corrected chi connectivity index (χ1v) is 4.81. The van der Waals surface area contributed by atoms with Crippen LogP contribution in [0.1, 0.15) is 5.56 Å². The number of nitrogens with one attached hydrogen (secondary N) is 1. The van der Waals surface area contributed by atoms with Crippen LogP contribution in [0.5, 0.6) is 0 Å². The highest BCUT2D eigenvalue weighted by Crippen LogP contribution is 2.08. The van der Waals surface area contributed by atoms with Crippen molar-refractivity contribution < 1.29 is 8.42 Å². The van der Waals surface area contributed by atoms with Crippen molar-refractivity contribution in [3.05, 3.63) is 29.8 Å². The zero-order valence-corrected chi connectivity index (χ0v) is 7.38. The molecule has 0 fully saturated rings. The van der Waals surface area contributed by atoms with Gasteiger partial charge in [-0.2, -0.15) is 10.1 Å². The summed E-state index contributed by atoms with van der Waals surface area (Å²) in [4.78, 5) is 1.72. The van der Waals surface area contributed by atoms with Gasteiger partial charge in [-0.05, 0) is 24.3 Å². The van der Waals surface area contributed by atoms with Crippen molar-refractivity contribution in [2.24, 2.45) is 5.84 Å². The minimum Gasteiger partial charge on any atom is -0.257 e. The molecule has 0 unspecified atom stereocenters. The number of hydrogen-bond acceptors (Lipinski definition) is 4. The van der Waals surface area contributed by atoms with E-state index in [0.717, 1.165) is 0 Å². The minimum atomic E-state index is -3.60. The summed E-state index contributed by atoms with van der Waals surface area (Å²) in [5, 5.41) is 8.45. The first-order valence-electron chi connectivity index (χ1n) is 3.33. The van der Waals surface area contributed by atoms with Gasteiger partial charge in [-0.3, -0.25) is 5.84 Å². The molecule has 13 heavy (non-hydrogen) atoms. The van der Waals surface area contributed by atoms with Gasteiger partial charge in [-0.25, -0.2) is 8.42 Å². The monoisotopic (exact) mass is 197 g/mol. The van der Waals surface area contributed by atoms with Gasteiger partial charge in [0.2, 0.25) is 0 Å². The normalized spacial score (nSPS) is 10.8. The Kier molecular flexibility index (Phi) is 2.63. The van der Waals surface area contributed by atoms with Gasteiger partial charge in [0, 0.05) is 0 Å². The smallest absolute Gasteiger partial charge is 0.253 e. The summed E-state index contributed by atoms with van der Waals surface area (Å²) in [6, 6.07) is 7.32. The topological polar surface area (TPSA) is 96.0 Å². The SMILES string of the molecule is N#Cc1ccc(S(=O)(=O)NN)cc1. The van der Waals surface area contributed by atoms with Gasteiger partial charge in [0.05, 0.1) is 16.5 Å². The van der Waals surface area contributed by atoms with Gasteiger partial charge in [0.15, 0.2) is 0 Å². The molecule has 0 radical (unpaired) electrons. The number of sulfonamides is 1. The summed E-state index contributed by atoms with van der Waals surface area (Å²) in [5.41, 5.74) is 0.399. The summed E-state index contributed by atoms with van der Waals surface area (Å²) in [6.45, 7) is 0. The van der Waals surface area contributed by atoms with Crippen LogP contribution < -0.4 is 10.7 Å². The molecule has 68 valence electrons. The van der Waals surface area contributed by atoms with Crippen molar-refractivity contribution in [1.29, 1.82) is 5.26 Å². The second-order valence-corrected chi connectivity index (χ2v) is 3.97. The maximum Gasteiger partial charge on any atom is 0.253 e. The molecule has 6 heteroatoms. The molecule has 0 saturated heterocycles. The summed E-state index contributed by atoms with van der Waals surface area (Å²) < 4.78 is 22.2. The third-order valence-electron chi connectivity index (χ3n) is 1.45. The van der Waals surface area contributed by atoms with Crippen LogP contribution in [0.15, 0.2) is 29.2 Å². The maximum atomic E-state index is 11.1. The predicted octanol–water partition coefficient (Wildman–Crippen LogP) is -0.290. The number of hydrogen-bond donors (Lipinski definition) is 2. The fourth-order valence-electron chi connectivity index (χ4n) is 0.777. The number of nitriles is 1. The lowest BCUT2D eigenvalue weighted by Crippen LogP contribution is -2.30. The van der Waals surface area contributed by atoms with E-state index >= 15 is 0 Å². The number of rotatable bonds is 2. The molecule has 0 saturated carbocycles. The summed E-state index contributed by atoms with van der Waals surface area (Å²) in [5.74, 6) is 4.81. The summed E-state index contributed by atoms with van der Waals surface area (Å²) >= 11 is 0. The highest BCUT2D eigenvalue weighted by Gasteiger charge is 2.10. The largest absolute Gasteiger partial charge is 0.257 e. The van der Waals surface area contributed by atoms with E-state index in [9.17, 15) is 8.42 Å². The van der Waals surface area contributed by atoms with Gasteiger partial charge in [0.25, 0.3) is 10.0 Å². The van der Waals surface area contributed by atoms with Gasteiger partial charge in [-0.1, -0.05) is 0 Å². The molecule has 1 rings (SSSR count). The Morgan fingerprint density at radius 1 is 1.31 bits per heavy atom. The Morgan fingerprint density at radius 2 is 1.85 bits per heavy atom. The molecule has 0 heterocycles. The van der Waals surface area contributed by atoms with Crippen LogP contribution in [0, 0.1) is 11.3 Å². The Labute approximate surface area is 75.8 Å². The molecule has 0 aliphatic rings. The van der Waals surface area contributed by atoms with E-state index in [4.69, 9.17) is 11.1 Å². The van der Waals surface area contributed by atoms with Crippen molar-refractivity contribution in [2.75, 3.05) is 0 Å². The molecule has 0 bridgehead atoms. The molecule has 0 aliphatic carbocycles. The lowest BCUT2D eigenvalue weighted by Gasteiger charge is -2.00. The van der Waals surface area contributed by atoms with Crippen LogP contribution >= 0.6 is 0 Å². The second-order valence-electron chi connectivity index (χ2n) is 2.26. The summed E-state index contributed by atoms with van der Waals surface area (Å²) in [7, 11) is -3.60. The van der Waals surface area contributed by atoms with Crippen LogP contribution in [-0.4, -0.2) is 8.42 Å². The van der Waals surface area contributed by atoms with Gasteiger partial charge in [0.1, 0.15) is 0 Å². The number of nitrogens with two attached hydrogens (primary N) is 1. The number of benzene rings is 1. The molecule has 5 nitrogen and oxygen atoms in total. The first-order chi connectivity index (χ1) is 6.10. The highest BCUT2D eigenvalue weighted by atomic mass is 32.2. The van der Waals surface area contributed by atoms with Gasteiger partial charge >= 0.3 is 0 Å². The van der Waals surface area contributed by atoms with E-state index in [1.54, 1.807) is 4.83 Å². The molecule has 0 spiro atoms. The predicted molar refractivity (Wildman–Crippen MR) is 45.7 cm³/mol. The molecule has 0 atom stereocenters. The second kappa shape index (κ2) is 3.53. The Bertz CT molecular complexity index is 430. The fourth-order valence-corrected chi connectivity index (χ4v) is 1.41. The van der Waals surface area contributed by atoms with Crippen molar-refractivity contribution in [2.45, 2.75) is 4.90 Å². The van der Waals surface area contributed by atoms with Crippen LogP contribution in [0.4, 0.5) is 0 Å². The van der Waals surface area contributed by atoms with Gasteiger partial charge < -0.3 is 0 Å². The molecule has 0 amide bonds. The summed E-state index contributed by atoms with van der Waals surface area (Å²) in [6.07, 6.45) is 0. The third kappa shape index (κ3) is 2.03. The van der Waals surface area contributed by atoms with E-state index in [1.165, 1.54) is 24.3 Å². The number of hydrazine groups is 1. The zero-order valence-electron chi connectivity index (χ0n) is 6.56. The zero-order chi connectivity index (χ0) is 9.90. The molecule has 0 aromatic heterocycles. The highest BCUT2D eigenvalue weighted by molar-refractivity contribution is 7.89. The lowest BCUT2D eigenvalue weighted by molar-refractivity contribution is 0.584. The molecule has 3 N–H and O–H groups in total. The van der Waals surface area contributed by atoms with E-state index < -0.39 is 10.0 Å². The van der Waals surface area contributed by atoms with Crippen LogP contribution in [0.3, 0.4) is 0 Å². The van der Waals surface area contributed by atoms with Crippen molar-refractivity contribution in [3.8, 4) is 6.07 Å². The third-order valence-corrected chi connectivity index (χ3v) is 2.65. The Hall–Kier alpha value is -1.42. The maximum absolute atomic E-state index is 11.1. The molecule has 1 aromatic carbocycles. The minimum absolute atomic E-state index is 0.0361. The molecular formula is C7H7N3O2S. The molecule has 1 aromatic rings. The van der Waals surface area contributed by atoms with Crippen LogP contribution in [-0.2, 0) is 10.0 Å². The quantitative estimate of drug-likeness (QED) is 0.503. The standard InChI is InChI=1S/C7H7N3O2S/c8-5-6-1-3-7(4-2-6)13(11,12)10-9/h1-4,10H,9H2. The van der Waals surface area contributed by atoms with E-state index in [2.05, 4.69) is 0 Å². The molecular weight excluding hydrogens is 190 g/mol. The Morgan fingerprint density at radius 3 is 2.23 bits per heavy atom. The number of nitrogens with zero attached hydrogens (tertiary/aromatic N) is 1. The van der Waals surface area contributed by atoms with Gasteiger partial charge in [-0.15, -0.1) is 0 Å². The van der Waals surface area contributed by atoms with E-state index in [0.29, 0.717) is 5.56 Å². The first kappa shape index (κ1) is 9.67. The Balaban J connectivity index is 3.15. The van der Waals surface area contributed by atoms with E-state index in [1.807, 2.05) is 6.07 Å². The van der Waals surface area contributed by atoms with Crippen LogP contribution in [0.25, 0.3) is 0 Å². The van der Waals surface area contributed by atoms with Crippen molar-refractivity contribution >= 4 is 10.0 Å². The van der Waals surface area contributed by atoms with E-state index in [-0.39, 0.29) is 4.90 Å². The molecule has 0 aliphatic heterocycles. The fraction of sp³-hybridized carbons (Fsp3) is 0. The lowest BCUT2D eigenvalue weighted by atomic mass is 10.2.